The van der Waals surface area contributed by atoms with Crippen molar-refractivity contribution < 1.29 is 9.90 Å². The van der Waals surface area contributed by atoms with Crippen molar-refractivity contribution in [2.45, 2.75) is 19.4 Å². The van der Waals surface area contributed by atoms with E-state index in [9.17, 15) is 4.79 Å². The molecule has 0 bridgehead atoms. The number of nitrogens with one attached hydrogen (secondary N) is 2. The summed E-state index contributed by atoms with van der Waals surface area (Å²) in [6, 6.07) is 6.89. The molecule has 7 nitrogen and oxygen atoms in total. The van der Waals surface area contributed by atoms with Gasteiger partial charge >= 0.3 is 6.03 Å². The van der Waals surface area contributed by atoms with Crippen LogP contribution in [0.15, 0.2) is 36.7 Å². The second-order valence-electron chi connectivity index (χ2n) is 4.41. The zero-order valence-corrected chi connectivity index (χ0v) is 11.2. The maximum absolute atomic E-state index is 11.8. The fourth-order valence-corrected chi connectivity index (χ4v) is 1.73. The van der Waals surface area contributed by atoms with Crippen LogP contribution in [0.5, 0.6) is 0 Å². The van der Waals surface area contributed by atoms with E-state index < -0.39 is 0 Å². The quantitative estimate of drug-likeness (QED) is 0.763. The Balaban J connectivity index is 1.99. The maximum Gasteiger partial charge on any atom is 0.319 e. The van der Waals surface area contributed by atoms with Gasteiger partial charge in [0.1, 0.15) is 0 Å². The molecule has 0 saturated heterocycles. The zero-order chi connectivity index (χ0) is 14.4. The molecule has 20 heavy (non-hydrogen) atoms. The van der Waals surface area contributed by atoms with Crippen molar-refractivity contribution >= 4 is 11.7 Å². The van der Waals surface area contributed by atoms with Crippen molar-refractivity contribution in [1.82, 2.24) is 20.3 Å². The summed E-state index contributed by atoms with van der Waals surface area (Å²) in [6.45, 7) is 1.88. The lowest BCUT2D eigenvalue weighted by molar-refractivity contribution is 0.241. The number of aromatic nitrogens is 3. The fourth-order valence-electron chi connectivity index (χ4n) is 1.73. The van der Waals surface area contributed by atoms with Gasteiger partial charge in [-0.2, -0.15) is 0 Å². The van der Waals surface area contributed by atoms with Crippen LogP contribution >= 0.6 is 0 Å². The summed E-state index contributed by atoms with van der Waals surface area (Å²) < 4.78 is 1.61. The van der Waals surface area contributed by atoms with Crippen molar-refractivity contribution in [3.05, 3.63) is 36.7 Å². The van der Waals surface area contributed by atoms with E-state index in [1.165, 1.54) is 0 Å². The second-order valence-corrected chi connectivity index (χ2v) is 4.41. The standard InChI is InChI=1S/C13H17N5O2/c1-10(5-8-19)15-13(20)16-11-3-2-4-12(9-11)18-7-6-14-17-18/h2-4,6-7,9-10,19H,5,8H2,1H3,(H2,15,16,20)/t10-/m1/s1. The molecule has 0 unspecified atom stereocenters. The van der Waals surface area contributed by atoms with Crippen LogP contribution in [-0.4, -0.2) is 38.8 Å². The van der Waals surface area contributed by atoms with E-state index in [-0.39, 0.29) is 18.7 Å². The molecular weight excluding hydrogens is 258 g/mol. The Morgan fingerprint density at radius 2 is 2.35 bits per heavy atom. The number of nitrogens with zero attached hydrogens (tertiary/aromatic N) is 3. The number of hydrogen-bond donors (Lipinski definition) is 3. The first-order valence-corrected chi connectivity index (χ1v) is 6.34. The van der Waals surface area contributed by atoms with Gasteiger partial charge in [0.15, 0.2) is 0 Å². The number of amides is 2. The first-order valence-electron chi connectivity index (χ1n) is 6.34. The van der Waals surface area contributed by atoms with Crippen LogP contribution in [0, 0.1) is 0 Å². The Labute approximate surface area is 116 Å². The highest BCUT2D eigenvalue weighted by Gasteiger charge is 2.07. The number of urea groups is 1. The highest BCUT2D eigenvalue weighted by molar-refractivity contribution is 5.89. The molecule has 0 saturated carbocycles. The van der Waals surface area contributed by atoms with Crippen molar-refractivity contribution in [2.24, 2.45) is 0 Å². The average molecular weight is 275 g/mol. The number of carbonyl (C=O) groups excluding carboxylic acids is 1. The summed E-state index contributed by atoms with van der Waals surface area (Å²) in [5.74, 6) is 0. The third-order valence-corrected chi connectivity index (χ3v) is 2.73. The van der Waals surface area contributed by atoms with Gasteiger partial charge in [-0.15, -0.1) is 5.10 Å². The van der Waals surface area contributed by atoms with Crippen molar-refractivity contribution in [3.63, 3.8) is 0 Å². The lowest BCUT2D eigenvalue weighted by Crippen LogP contribution is -2.36. The molecule has 2 rings (SSSR count). The molecule has 1 atom stereocenters. The predicted molar refractivity (Wildman–Crippen MR) is 74.7 cm³/mol. The third-order valence-electron chi connectivity index (χ3n) is 2.73. The minimum atomic E-state index is -0.304. The first-order chi connectivity index (χ1) is 9.69. The summed E-state index contributed by atoms with van der Waals surface area (Å²) in [4.78, 5) is 11.8. The number of hydrogen-bond acceptors (Lipinski definition) is 4. The van der Waals surface area contributed by atoms with Gasteiger partial charge in [-0.1, -0.05) is 11.3 Å². The van der Waals surface area contributed by atoms with Crippen LogP contribution in [0.2, 0.25) is 0 Å². The van der Waals surface area contributed by atoms with Crippen molar-refractivity contribution in [3.8, 4) is 5.69 Å². The van der Waals surface area contributed by atoms with Gasteiger partial charge in [0, 0.05) is 18.3 Å². The third kappa shape index (κ3) is 3.79. The molecule has 0 spiro atoms. The average Bonchev–Trinajstić information content (AvgIpc) is 2.92. The van der Waals surface area contributed by atoms with E-state index in [0.29, 0.717) is 12.1 Å². The highest BCUT2D eigenvalue weighted by atomic mass is 16.3. The van der Waals surface area contributed by atoms with Gasteiger partial charge in [-0.25, -0.2) is 9.48 Å². The van der Waals surface area contributed by atoms with Crippen LogP contribution in [0.3, 0.4) is 0 Å². The Morgan fingerprint density at radius 3 is 3.05 bits per heavy atom. The van der Waals surface area contributed by atoms with Crippen LogP contribution in [-0.2, 0) is 0 Å². The molecule has 2 amide bonds. The molecule has 1 aromatic carbocycles. The summed E-state index contributed by atoms with van der Waals surface area (Å²) in [7, 11) is 0. The zero-order valence-electron chi connectivity index (χ0n) is 11.2. The van der Waals surface area contributed by atoms with E-state index >= 15 is 0 Å². The van der Waals surface area contributed by atoms with Crippen LogP contribution in [0.25, 0.3) is 5.69 Å². The second kappa shape index (κ2) is 6.67. The molecule has 2 aromatic rings. The number of benzene rings is 1. The monoisotopic (exact) mass is 275 g/mol. The lowest BCUT2D eigenvalue weighted by atomic mass is 10.2. The summed E-state index contributed by atoms with van der Waals surface area (Å²) >= 11 is 0. The number of aliphatic hydroxyl groups is 1. The van der Waals surface area contributed by atoms with Gasteiger partial charge < -0.3 is 15.7 Å². The number of carbonyl (C=O) groups is 1. The normalized spacial score (nSPS) is 11.9. The van der Waals surface area contributed by atoms with Gasteiger partial charge in [-0.3, -0.25) is 0 Å². The summed E-state index contributed by atoms with van der Waals surface area (Å²) in [5, 5.41) is 21.9. The summed E-state index contributed by atoms with van der Waals surface area (Å²) in [6.07, 6.45) is 3.83. The van der Waals surface area contributed by atoms with Crippen LogP contribution in [0.4, 0.5) is 10.5 Å². The van der Waals surface area contributed by atoms with E-state index in [0.717, 1.165) is 5.69 Å². The summed E-state index contributed by atoms with van der Waals surface area (Å²) in [5.41, 5.74) is 1.47. The van der Waals surface area contributed by atoms with Gasteiger partial charge in [-0.05, 0) is 31.5 Å². The highest BCUT2D eigenvalue weighted by Crippen LogP contribution is 2.13. The molecule has 0 aliphatic heterocycles. The van der Waals surface area contributed by atoms with E-state index in [1.54, 1.807) is 29.2 Å². The molecule has 0 aliphatic rings. The SMILES string of the molecule is C[C@H](CCO)NC(=O)Nc1cccc(-n2ccnn2)c1. The minimum Gasteiger partial charge on any atom is -0.396 e. The Morgan fingerprint density at radius 1 is 1.50 bits per heavy atom. The molecule has 3 N–H and O–H groups in total. The Bertz CT molecular complexity index is 556. The van der Waals surface area contributed by atoms with Gasteiger partial charge in [0.2, 0.25) is 0 Å². The Kier molecular flexibility index (Phi) is 4.67. The molecular formula is C13H17N5O2. The number of anilines is 1. The molecule has 0 aliphatic carbocycles. The lowest BCUT2D eigenvalue weighted by Gasteiger charge is -2.13. The number of rotatable bonds is 5. The topological polar surface area (TPSA) is 92.1 Å². The van der Waals surface area contributed by atoms with Crippen LogP contribution in [0.1, 0.15) is 13.3 Å². The van der Waals surface area contributed by atoms with Crippen LogP contribution < -0.4 is 10.6 Å². The van der Waals surface area contributed by atoms with Crippen molar-refractivity contribution in [1.29, 1.82) is 0 Å². The number of aliphatic hydroxyl groups excluding tert-OH is 1. The van der Waals surface area contributed by atoms with Gasteiger partial charge in [0.25, 0.3) is 0 Å². The molecule has 7 heteroatoms. The molecule has 0 fully saturated rings. The van der Waals surface area contributed by atoms with E-state index in [1.807, 2.05) is 19.1 Å². The first kappa shape index (κ1) is 14.0. The maximum atomic E-state index is 11.8. The predicted octanol–water partition coefficient (Wildman–Crippen LogP) is 1.16. The minimum absolute atomic E-state index is 0.0449. The smallest absolute Gasteiger partial charge is 0.319 e. The van der Waals surface area contributed by atoms with Crippen molar-refractivity contribution in [2.75, 3.05) is 11.9 Å². The van der Waals surface area contributed by atoms with Gasteiger partial charge in [0.05, 0.1) is 18.1 Å². The van der Waals surface area contributed by atoms with E-state index in [4.69, 9.17) is 5.11 Å². The molecule has 1 aromatic heterocycles. The molecule has 106 valence electrons. The fraction of sp³-hybridized carbons (Fsp3) is 0.308. The molecule has 1 heterocycles. The van der Waals surface area contributed by atoms with E-state index in [2.05, 4.69) is 20.9 Å². The molecule has 0 radical (unpaired) electrons. The Hall–Kier alpha value is -2.41. The largest absolute Gasteiger partial charge is 0.396 e.